The van der Waals surface area contributed by atoms with Crippen molar-refractivity contribution < 1.29 is 45.4 Å². The van der Waals surface area contributed by atoms with Gasteiger partial charge >= 0.3 is 12.4 Å². The Hall–Kier alpha value is -3.58. The highest BCUT2D eigenvalue weighted by Crippen LogP contribution is 2.50. The number of aliphatic hydroxyl groups is 1. The van der Waals surface area contributed by atoms with E-state index in [0.29, 0.717) is 24.1 Å². The van der Waals surface area contributed by atoms with Crippen molar-refractivity contribution in [2.45, 2.75) is 56.5 Å². The molecule has 1 amide bonds. The second-order valence-electron chi connectivity index (χ2n) is 10.6. The molecule has 1 saturated carbocycles. The van der Waals surface area contributed by atoms with E-state index >= 15 is 0 Å². The molecular weight excluding hydrogens is 571 g/mol. The van der Waals surface area contributed by atoms with Crippen molar-refractivity contribution in [3.63, 3.8) is 0 Å². The van der Waals surface area contributed by atoms with E-state index in [-0.39, 0.29) is 30.3 Å². The number of aromatic nitrogens is 2. The molecule has 1 aliphatic heterocycles. The number of benzene rings is 2. The molecule has 2 aromatic carbocycles. The Morgan fingerprint density at radius 1 is 0.976 bits per heavy atom. The molecule has 6 atom stereocenters. The first-order chi connectivity index (χ1) is 19.7. The van der Waals surface area contributed by atoms with E-state index in [2.05, 4.69) is 9.97 Å². The van der Waals surface area contributed by atoms with Crippen LogP contribution in [0.25, 0.3) is 0 Å². The number of nitrogens with zero attached hydrogens (tertiary/aromatic N) is 3. The fourth-order valence-electron chi connectivity index (χ4n) is 6.09. The molecule has 42 heavy (non-hydrogen) atoms. The Kier molecular flexibility index (Phi) is 8.01. The molecule has 0 spiro atoms. The monoisotopic (exact) mass is 597 g/mol. The highest BCUT2D eigenvalue weighted by atomic mass is 19.4. The number of amides is 1. The molecule has 5 rings (SSSR count). The van der Waals surface area contributed by atoms with E-state index in [0.717, 1.165) is 0 Å². The SMILES string of the molecule is C[C@@H](O[C@H]1CC[C@@H]2C(O)N(C(=O)c3cnccn3)C[C@H]2[C@@H]1c1ccc(F)cc1)c1cc(C(F)(F)F)cc(C(F)(F)F)c1. The maximum Gasteiger partial charge on any atom is 0.416 e. The van der Waals surface area contributed by atoms with Crippen molar-refractivity contribution in [2.75, 3.05) is 6.54 Å². The lowest BCUT2D eigenvalue weighted by molar-refractivity contribution is -0.143. The van der Waals surface area contributed by atoms with Crippen LogP contribution in [0.4, 0.5) is 30.7 Å². The summed E-state index contributed by atoms with van der Waals surface area (Å²) in [5.74, 6) is -2.44. The number of rotatable bonds is 5. The molecule has 1 N–H and O–H groups in total. The maximum atomic E-state index is 13.8. The van der Waals surface area contributed by atoms with Gasteiger partial charge in [0.05, 0.1) is 29.5 Å². The van der Waals surface area contributed by atoms with E-state index in [9.17, 15) is 40.6 Å². The molecule has 1 aromatic heterocycles. The molecular formula is C29H26F7N3O3. The van der Waals surface area contributed by atoms with E-state index in [4.69, 9.17) is 4.74 Å². The zero-order chi connectivity index (χ0) is 30.4. The van der Waals surface area contributed by atoms with E-state index < -0.39 is 71.4 Å². The lowest BCUT2D eigenvalue weighted by Crippen LogP contribution is -2.40. The fourth-order valence-corrected chi connectivity index (χ4v) is 6.09. The molecule has 2 fully saturated rings. The van der Waals surface area contributed by atoms with Gasteiger partial charge in [0.1, 0.15) is 17.7 Å². The van der Waals surface area contributed by atoms with Crippen LogP contribution in [0.15, 0.2) is 61.1 Å². The second kappa shape index (κ2) is 11.3. The lowest BCUT2D eigenvalue weighted by atomic mass is 9.69. The van der Waals surface area contributed by atoms with Gasteiger partial charge in [-0.2, -0.15) is 26.3 Å². The van der Waals surface area contributed by atoms with Crippen LogP contribution in [0.3, 0.4) is 0 Å². The average Bonchev–Trinajstić information content (AvgIpc) is 3.28. The Bertz CT molecular complexity index is 1380. The molecule has 1 saturated heterocycles. The third kappa shape index (κ3) is 5.98. The summed E-state index contributed by atoms with van der Waals surface area (Å²) in [6.45, 7) is 1.44. The van der Waals surface area contributed by atoms with Gasteiger partial charge in [0, 0.05) is 30.8 Å². The number of fused-ring (bicyclic) bond motifs is 1. The molecule has 2 heterocycles. The predicted molar refractivity (Wildman–Crippen MR) is 134 cm³/mol. The number of alkyl halides is 6. The van der Waals surface area contributed by atoms with Gasteiger partial charge in [0.25, 0.3) is 5.91 Å². The molecule has 1 aliphatic carbocycles. The maximum absolute atomic E-state index is 13.8. The van der Waals surface area contributed by atoms with Crippen LogP contribution < -0.4 is 0 Å². The molecule has 0 bridgehead atoms. The average molecular weight is 598 g/mol. The highest BCUT2D eigenvalue weighted by Gasteiger charge is 2.52. The van der Waals surface area contributed by atoms with Gasteiger partial charge in [-0.25, -0.2) is 9.37 Å². The van der Waals surface area contributed by atoms with Crippen molar-refractivity contribution in [2.24, 2.45) is 11.8 Å². The van der Waals surface area contributed by atoms with Gasteiger partial charge < -0.3 is 14.7 Å². The quantitative estimate of drug-likeness (QED) is 0.346. The number of halogens is 7. The van der Waals surface area contributed by atoms with Crippen molar-refractivity contribution in [1.29, 1.82) is 0 Å². The number of ether oxygens (including phenoxy) is 1. The fraction of sp³-hybridized carbons (Fsp3) is 0.414. The van der Waals surface area contributed by atoms with Crippen molar-refractivity contribution in [3.05, 3.63) is 94.8 Å². The summed E-state index contributed by atoms with van der Waals surface area (Å²) in [5, 5.41) is 11.1. The van der Waals surface area contributed by atoms with Crippen LogP contribution >= 0.6 is 0 Å². The number of hydrogen-bond donors (Lipinski definition) is 1. The number of hydrogen-bond acceptors (Lipinski definition) is 5. The van der Waals surface area contributed by atoms with Gasteiger partial charge in [0.15, 0.2) is 0 Å². The first kappa shape index (κ1) is 29.9. The highest BCUT2D eigenvalue weighted by molar-refractivity contribution is 5.92. The molecule has 224 valence electrons. The first-order valence-corrected chi connectivity index (χ1v) is 13.2. The summed E-state index contributed by atoms with van der Waals surface area (Å²) in [7, 11) is 0. The molecule has 1 unspecified atom stereocenters. The standard InChI is InChI=1S/C29H26F7N3O3/c1-15(17-10-18(28(31,32)33)12-19(11-17)29(34,35)36)42-24-7-6-21-22(25(24)16-2-4-20(30)5-3-16)14-39(26(21)40)27(41)23-13-37-8-9-38-23/h2-5,8-13,15,21-22,24-26,40H,6-7,14H2,1H3/t15-,21+,22-,24+,25+,26?/m1/s1. The van der Waals surface area contributed by atoms with Crippen LogP contribution in [0.5, 0.6) is 0 Å². The summed E-state index contributed by atoms with van der Waals surface area (Å²) in [4.78, 5) is 22.3. The summed E-state index contributed by atoms with van der Waals surface area (Å²) >= 11 is 0. The Morgan fingerprint density at radius 3 is 2.19 bits per heavy atom. The normalized spacial score (nSPS) is 25.3. The third-order valence-corrected chi connectivity index (χ3v) is 8.06. The van der Waals surface area contributed by atoms with Crippen LogP contribution in [-0.2, 0) is 17.1 Å². The van der Waals surface area contributed by atoms with Gasteiger partial charge in [0.2, 0.25) is 0 Å². The number of aliphatic hydroxyl groups excluding tert-OH is 1. The van der Waals surface area contributed by atoms with Crippen LogP contribution in [-0.4, -0.2) is 44.8 Å². The van der Waals surface area contributed by atoms with Crippen LogP contribution in [0.1, 0.15) is 64.5 Å². The predicted octanol–water partition coefficient (Wildman–Crippen LogP) is 6.38. The van der Waals surface area contributed by atoms with E-state index in [1.165, 1.54) is 54.7 Å². The molecule has 0 radical (unpaired) electrons. The van der Waals surface area contributed by atoms with Crippen molar-refractivity contribution >= 4 is 5.91 Å². The lowest BCUT2D eigenvalue weighted by Gasteiger charge is -2.41. The Balaban J connectivity index is 1.47. The topological polar surface area (TPSA) is 75.6 Å². The summed E-state index contributed by atoms with van der Waals surface area (Å²) < 4.78 is 101. The van der Waals surface area contributed by atoms with Gasteiger partial charge in [-0.1, -0.05) is 12.1 Å². The molecule has 3 aromatic rings. The Labute approximate surface area is 236 Å². The minimum atomic E-state index is -5.01. The molecule has 13 heteroatoms. The van der Waals surface area contributed by atoms with Crippen molar-refractivity contribution in [1.82, 2.24) is 14.9 Å². The van der Waals surface area contributed by atoms with Crippen LogP contribution in [0.2, 0.25) is 0 Å². The van der Waals surface area contributed by atoms with Crippen molar-refractivity contribution in [3.8, 4) is 0 Å². The van der Waals surface area contributed by atoms with Gasteiger partial charge in [-0.15, -0.1) is 0 Å². The smallest absolute Gasteiger partial charge is 0.373 e. The van der Waals surface area contributed by atoms with E-state index in [1.54, 1.807) is 0 Å². The van der Waals surface area contributed by atoms with Crippen LogP contribution in [0, 0.1) is 17.7 Å². The Morgan fingerprint density at radius 2 is 1.62 bits per heavy atom. The largest absolute Gasteiger partial charge is 0.416 e. The van der Waals surface area contributed by atoms with E-state index in [1.807, 2.05) is 0 Å². The second-order valence-corrected chi connectivity index (χ2v) is 10.6. The zero-order valence-electron chi connectivity index (χ0n) is 22.1. The third-order valence-electron chi connectivity index (χ3n) is 8.06. The zero-order valence-corrected chi connectivity index (χ0v) is 22.1. The van der Waals surface area contributed by atoms with Gasteiger partial charge in [-0.3, -0.25) is 9.78 Å². The minimum absolute atomic E-state index is 0.0277. The number of carbonyl (C=O) groups excluding carboxylic acids is 1. The number of carbonyl (C=O) groups is 1. The first-order valence-electron chi connectivity index (χ1n) is 13.2. The summed E-state index contributed by atoms with van der Waals surface area (Å²) in [6, 6.07) is 6.85. The molecule has 2 aliphatic rings. The summed E-state index contributed by atoms with van der Waals surface area (Å²) in [6.07, 6.45) is -8.45. The minimum Gasteiger partial charge on any atom is -0.373 e. The number of likely N-dealkylation sites (tertiary alicyclic amines) is 1. The molecule has 6 nitrogen and oxygen atoms in total. The summed E-state index contributed by atoms with van der Waals surface area (Å²) in [5.41, 5.74) is -2.57. The van der Waals surface area contributed by atoms with Gasteiger partial charge in [-0.05, 0) is 67.1 Å².